The molecule has 2 saturated heterocycles. The molecule has 0 aromatic heterocycles. The summed E-state index contributed by atoms with van der Waals surface area (Å²) >= 11 is 0. The summed E-state index contributed by atoms with van der Waals surface area (Å²) in [6.07, 6.45) is -8.61. The van der Waals surface area contributed by atoms with Crippen molar-refractivity contribution in [2.75, 3.05) is 27.4 Å². The second kappa shape index (κ2) is 20.8. The van der Waals surface area contributed by atoms with Crippen molar-refractivity contribution < 1.29 is 108 Å². The Labute approximate surface area is 445 Å². The molecular formula is C56H60O22. The lowest BCUT2D eigenvalue weighted by atomic mass is 9.72. The first-order valence-electron chi connectivity index (χ1n) is 25.3. The lowest BCUT2D eigenvalue weighted by Crippen LogP contribution is -2.49. The number of ether oxygens (including phenoxy) is 6. The van der Waals surface area contributed by atoms with E-state index in [4.69, 9.17) is 28.4 Å². The lowest BCUT2D eigenvalue weighted by Gasteiger charge is -2.42. The van der Waals surface area contributed by atoms with Crippen molar-refractivity contribution in [2.45, 2.75) is 127 Å². The summed E-state index contributed by atoms with van der Waals surface area (Å²) in [5.74, 6) is -7.74. The van der Waals surface area contributed by atoms with Crippen LogP contribution >= 0.6 is 0 Å². The average Bonchev–Trinajstić information content (AvgIpc) is 3.59. The molecule has 22 nitrogen and oxygen atoms in total. The minimum Gasteiger partial charge on any atom is -0.507 e. The van der Waals surface area contributed by atoms with Gasteiger partial charge < -0.3 is 79.5 Å². The smallest absolute Gasteiger partial charge is 0.202 e. The molecule has 22 heteroatoms. The fourth-order valence-electron chi connectivity index (χ4n) is 11.9. The molecule has 78 heavy (non-hydrogen) atoms. The Morgan fingerprint density at radius 2 is 0.897 bits per heavy atom. The van der Waals surface area contributed by atoms with E-state index < -0.39 is 179 Å². The van der Waals surface area contributed by atoms with E-state index in [1.807, 2.05) is 0 Å². The Bertz CT molecular complexity index is 2950. The molecule has 2 fully saturated rings. The van der Waals surface area contributed by atoms with Gasteiger partial charge in [-0.25, -0.2) is 0 Å². The van der Waals surface area contributed by atoms with Crippen molar-refractivity contribution in [1.29, 1.82) is 0 Å². The first kappa shape index (κ1) is 56.0. The van der Waals surface area contributed by atoms with Gasteiger partial charge in [0, 0.05) is 71.9 Å². The number of ketones is 6. The molecule has 12 atom stereocenters. The number of aliphatic hydroxyl groups is 6. The van der Waals surface area contributed by atoms with Crippen LogP contribution in [0.4, 0.5) is 0 Å². The van der Waals surface area contributed by atoms with Crippen LogP contribution in [0.1, 0.15) is 152 Å². The molecular weight excluding hydrogens is 1020 g/mol. The van der Waals surface area contributed by atoms with Gasteiger partial charge in [-0.05, 0) is 37.8 Å². The van der Waals surface area contributed by atoms with Crippen LogP contribution < -0.4 is 9.47 Å². The van der Waals surface area contributed by atoms with Gasteiger partial charge in [-0.15, -0.1) is 0 Å². The molecule has 0 amide bonds. The van der Waals surface area contributed by atoms with Gasteiger partial charge in [0.15, 0.2) is 35.7 Å². The van der Waals surface area contributed by atoms with Gasteiger partial charge in [0.2, 0.25) is 11.6 Å². The SMILES string of the molecule is COc1cccc2c1C(=O)c1c(O)c3c(c(O)c1C2=O)C[C@@](O)(C(=O)CO)C[C@@H]3O[C@H]1C[C@H](C)[C@H](O)[C@H](C)O1.COc1cccc2c1C(=O)c1c(O)c3c(c(O)c1C2=O)C[C@@](O)(C(=O)CO)C[C@@H]3O[C@H]1C[C@H](C)[C@H](O)[C@H](C)O1. The van der Waals surface area contributed by atoms with E-state index in [9.17, 15) is 79.8 Å². The van der Waals surface area contributed by atoms with Crippen LogP contribution in [0.5, 0.6) is 34.5 Å². The quantitative estimate of drug-likeness (QED) is 0.0881. The fourth-order valence-corrected chi connectivity index (χ4v) is 11.9. The van der Waals surface area contributed by atoms with Crippen LogP contribution in [0, 0.1) is 11.8 Å². The van der Waals surface area contributed by atoms with E-state index >= 15 is 0 Å². The molecule has 4 aliphatic carbocycles. The third kappa shape index (κ3) is 9.02. The van der Waals surface area contributed by atoms with Crippen LogP contribution in [0.15, 0.2) is 36.4 Å². The number of hydrogen-bond donors (Lipinski definition) is 10. The number of hydrogen-bond acceptors (Lipinski definition) is 22. The molecule has 0 bridgehead atoms. The van der Waals surface area contributed by atoms with E-state index in [1.54, 1.807) is 27.7 Å². The zero-order chi connectivity index (χ0) is 56.8. The number of fused-ring (bicyclic) bond motifs is 6. The zero-order valence-corrected chi connectivity index (χ0v) is 43.3. The summed E-state index contributed by atoms with van der Waals surface area (Å²) in [6, 6.07) is 8.79. The van der Waals surface area contributed by atoms with Gasteiger partial charge in [0.25, 0.3) is 0 Å². The molecule has 0 spiro atoms. The number of rotatable bonds is 10. The molecule has 0 saturated carbocycles. The van der Waals surface area contributed by atoms with E-state index in [0.717, 1.165) is 0 Å². The van der Waals surface area contributed by atoms with Crippen molar-refractivity contribution in [3.63, 3.8) is 0 Å². The number of benzene rings is 4. The number of phenolic OH excluding ortho intramolecular Hbond substituents is 4. The minimum atomic E-state index is -2.21. The molecule has 4 aromatic rings. The summed E-state index contributed by atoms with van der Waals surface area (Å²) in [4.78, 5) is 79.6. The van der Waals surface area contributed by atoms with Gasteiger partial charge in [-0.3, -0.25) is 28.8 Å². The van der Waals surface area contributed by atoms with Crippen molar-refractivity contribution >= 4 is 34.7 Å². The van der Waals surface area contributed by atoms with Crippen LogP contribution in [0.2, 0.25) is 0 Å². The summed E-state index contributed by atoms with van der Waals surface area (Å²) in [5.41, 5.74) is -6.90. The first-order valence-corrected chi connectivity index (χ1v) is 25.3. The Morgan fingerprint density at radius 3 is 1.22 bits per heavy atom. The van der Waals surface area contributed by atoms with Crippen molar-refractivity contribution in [3.05, 3.63) is 103 Å². The number of phenols is 4. The number of carbonyl (C=O) groups is 6. The van der Waals surface area contributed by atoms with Gasteiger partial charge in [-0.2, -0.15) is 0 Å². The second-order valence-electron chi connectivity index (χ2n) is 20.9. The number of carbonyl (C=O) groups excluding carboxylic acids is 6. The molecule has 2 heterocycles. The maximum Gasteiger partial charge on any atom is 0.202 e. The predicted octanol–water partition coefficient (Wildman–Crippen LogP) is 2.62. The third-order valence-corrected chi connectivity index (χ3v) is 16.1. The average molecular weight is 1090 g/mol. The molecule has 4 aromatic carbocycles. The Hall–Kier alpha value is -6.70. The van der Waals surface area contributed by atoms with Gasteiger partial charge in [-0.1, -0.05) is 38.1 Å². The van der Waals surface area contributed by atoms with Crippen molar-refractivity contribution in [1.82, 2.24) is 0 Å². The highest BCUT2D eigenvalue weighted by Gasteiger charge is 2.52. The fraction of sp³-hybridized carbons (Fsp3) is 0.464. The van der Waals surface area contributed by atoms with Gasteiger partial charge in [0.05, 0.1) is 84.2 Å². The number of aliphatic hydroxyl groups excluding tert-OH is 4. The van der Waals surface area contributed by atoms with Gasteiger partial charge in [0.1, 0.15) is 58.9 Å². The van der Waals surface area contributed by atoms with E-state index in [1.165, 1.54) is 50.6 Å². The van der Waals surface area contributed by atoms with Crippen molar-refractivity contribution in [2.24, 2.45) is 11.8 Å². The largest absolute Gasteiger partial charge is 0.507 e. The maximum absolute atomic E-state index is 13.7. The van der Waals surface area contributed by atoms with Crippen LogP contribution in [0.3, 0.4) is 0 Å². The topological polar surface area (TPSA) is 360 Å². The molecule has 0 unspecified atom stereocenters. The van der Waals surface area contributed by atoms with E-state index in [0.29, 0.717) is 0 Å². The standard InChI is InChI=1S/2C28H30O11/c2*1-11-7-18(38-12(2)23(11)31)39-16-9-28(36,17(30)10-29)8-14-20(16)27(35)22-21(25(14)33)24(32)13-5-4-6-15(37-3)19(13)26(22)34/h2*4-6,11-12,16,18,23,29,31,33,35-36H,7-10H2,1-3H3/t2*11-,12-,16-,18-,23-,28-/m00/s1. The Balaban J connectivity index is 0.000000190. The summed E-state index contributed by atoms with van der Waals surface area (Å²) in [7, 11) is 2.66. The minimum absolute atomic E-state index is 0.0380. The highest BCUT2D eigenvalue weighted by molar-refractivity contribution is 6.32. The summed E-state index contributed by atoms with van der Waals surface area (Å²) in [5, 5.41) is 108. The normalized spacial score (nSPS) is 29.8. The molecule has 10 N–H and O–H groups in total. The molecule has 2 aliphatic heterocycles. The van der Waals surface area contributed by atoms with Crippen LogP contribution in [-0.2, 0) is 41.4 Å². The van der Waals surface area contributed by atoms with Crippen LogP contribution in [0.25, 0.3) is 0 Å². The maximum atomic E-state index is 13.7. The lowest BCUT2D eigenvalue weighted by molar-refractivity contribution is -0.255. The number of methoxy groups -OCH3 is 2. The molecule has 416 valence electrons. The van der Waals surface area contributed by atoms with Gasteiger partial charge >= 0.3 is 0 Å². The number of Topliss-reactive ketones (excluding diaryl/α,β-unsaturated/α-hetero) is 2. The Morgan fingerprint density at radius 1 is 0.551 bits per heavy atom. The van der Waals surface area contributed by atoms with Crippen molar-refractivity contribution in [3.8, 4) is 34.5 Å². The third-order valence-electron chi connectivity index (χ3n) is 16.1. The Kier molecular flexibility index (Phi) is 15.0. The summed E-state index contributed by atoms with van der Waals surface area (Å²) in [6.45, 7) is 4.92. The highest BCUT2D eigenvalue weighted by Crippen LogP contribution is 2.55. The molecule has 0 radical (unpaired) electrons. The molecule has 10 rings (SSSR count). The van der Waals surface area contributed by atoms with E-state index in [2.05, 4.69) is 0 Å². The first-order chi connectivity index (χ1) is 36.9. The second-order valence-corrected chi connectivity index (χ2v) is 20.9. The highest BCUT2D eigenvalue weighted by atomic mass is 16.7. The van der Waals surface area contributed by atoms with Crippen LogP contribution in [-0.4, -0.2) is 161 Å². The van der Waals surface area contributed by atoms with E-state index in [-0.39, 0.29) is 80.7 Å². The monoisotopic (exact) mass is 1080 g/mol. The predicted molar refractivity (Wildman–Crippen MR) is 266 cm³/mol. The number of aromatic hydroxyl groups is 4. The zero-order valence-electron chi connectivity index (χ0n) is 43.3. The summed E-state index contributed by atoms with van der Waals surface area (Å²) < 4.78 is 34.3. The molecule has 6 aliphatic rings.